The minimum Gasteiger partial charge on any atom is -0.455 e. The van der Waals surface area contributed by atoms with E-state index in [-0.39, 0.29) is 5.69 Å². The maximum atomic E-state index is 10.6. The van der Waals surface area contributed by atoms with Gasteiger partial charge in [-0.1, -0.05) is 12.1 Å². The summed E-state index contributed by atoms with van der Waals surface area (Å²) in [5.74, 6) is 1.38. The van der Waals surface area contributed by atoms with Crippen LogP contribution in [-0.2, 0) is 0 Å². The Morgan fingerprint density at radius 3 is 2.42 bits per heavy atom. The molecule has 0 radical (unpaired) electrons. The van der Waals surface area contributed by atoms with Gasteiger partial charge in [0.15, 0.2) is 0 Å². The van der Waals surface area contributed by atoms with Crippen LogP contribution in [0, 0.1) is 13.7 Å². The van der Waals surface area contributed by atoms with Gasteiger partial charge in [0.2, 0.25) is 0 Å². The molecular formula is C17H12IN3O3. The standard InChI is InChI=1S/C17H12IN3O3/c18-13-3-1-12(2-4-13)17-10-9-16(24-17)11-19-20-14-5-7-15(8-6-14)21(22)23/h1-11,20H. The molecule has 0 aliphatic heterocycles. The molecule has 24 heavy (non-hydrogen) atoms. The van der Waals surface area contributed by atoms with Crippen LogP contribution in [0.3, 0.4) is 0 Å². The number of hydrogen-bond acceptors (Lipinski definition) is 5. The molecule has 0 amide bonds. The number of benzene rings is 2. The molecule has 6 nitrogen and oxygen atoms in total. The number of furan rings is 1. The highest BCUT2D eigenvalue weighted by atomic mass is 127. The lowest BCUT2D eigenvalue weighted by Gasteiger charge is -1.99. The van der Waals surface area contributed by atoms with Gasteiger partial charge in [0, 0.05) is 21.3 Å². The zero-order chi connectivity index (χ0) is 16.9. The number of hydrogen-bond donors (Lipinski definition) is 1. The van der Waals surface area contributed by atoms with Gasteiger partial charge >= 0.3 is 0 Å². The van der Waals surface area contributed by atoms with E-state index in [1.807, 2.05) is 36.4 Å². The Morgan fingerprint density at radius 2 is 1.75 bits per heavy atom. The average molecular weight is 433 g/mol. The first kappa shape index (κ1) is 16.2. The first-order valence-corrected chi connectivity index (χ1v) is 8.09. The van der Waals surface area contributed by atoms with Gasteiger partial charge in [-0.2, -0.15) is 5.10 Å². The van der Waals surface area contributed by atoms with E-state index in [4.69, 9.17) is 4.42 Å². The molecule has 3 rings (SSSR count). The summed E-state index contributed by atoms with van der Waals surface area (Å²) < 4.78 is 6.88. The molecule has 0 spiro atoms. The van der Waals surface area contributed by atoms with E-state index in [0.29, 0.717) is 11.4 Å². The van der Waals surface area contributed by atoms with Crippen molar-refractivity contribution >= 4 is 40.2 Å². The summed E-state index contributed by atoms with van der Waals surface area (Å²) in [6.07, 6.45) is 1.55. The number of hydrazone groups is 1. The second kappa shape index (κ2) is 7.26. The van der Waals surface area contributed by atoms with E-state index in [1.165, 1.54) is 12.1 Å². The van der Waals surface area contributed by atoms with Gasteiger partial charge in [-0.25, -0.2) is 0 Å². The van der Waals surface area contributed by atoms with Crippen LogP contribution in [0.4, 0.5) is 11.4 Å². The lowest BCUT2D eigenvalue weighted by Crippen LogP contribution is -1.91. The van der Waals surface area contributed by atoms with E-state index >= 15 is 0 Å². The molecule has 1 N–H and O–H groups in total. The topological polar surface area (TPSA) is 80.7 Å². The molecule has 0 bridgehead atoms. The third-order valence-electron chi connectivity index (χ3n) is 3.22. The van der Waals surface area contributed by atoms with Crippen molar-refractivity contribution in [3.05, 3.63) is 80.1 Å². The van der Waals surface area contributed by atoms with E-state index in [0.717, 1.165) is 14.9 Å². The number of nitrogens with zero attached hydrogens (tertiary/aromatic N) is 2. The van der Waals surface area contributed by atoms with Crippen LogP contribution in [0.2, 0.25) is 0 Å². The summed E-state index contributed by atoms with van der Waals surface area (Å²) in [6.45, 7) is 0. The summed E-state index contributed by atoms with van der Waals surface area (Å²) in [6, 6.07) is 17.8. The van der Waals surface area contributed by atoms with Gasteiger partial charge in [-0.3, -0.25) is 15.5 Å². The van der Waals surface area contributed by atoms with Gasteiger partial charge in [0.05, 0.1) is 16.8 Å². The highest BCUT2D eigenvalue weighted by Gasteiger charge is 2.04. The van der Waals surface area contributed by atoms with Gasteiger partial charge in [0.25, 0.3) is 5.69 Å². The van der Waals surface area contributed by atoms with Crippen molar-refractivity contribution in [3.63, 3.8) is 0 Å². The molecule has 2 aromatic carbocycles. The van der Waals surface area contributed by atoms with Gasteiger partial charge in [-0.05, 0) is 59.0 Å². The third-order valence-corrected chi connectivity index (χ3v) is 3.94. The van der Waals surface area contributed by atoms with E-state index in [1.54, 1.807) is 18.3 Å². The Hall–Kier alpha value is -2.68. The Bertz CT molecular complexity index is 871. The van der Waals surface area contributed by atoms with E-state index in [9.17, 15) is 10.1 Å². The Kier molecular flexibility index (Phi) is 4.90. The maximum absolute atomic E-state index is 10.6. The minimum atomic E-state index is -0.442. The van der Waals surface area contributed by atoms with Crippen LogP contribution >= 0.6 is 22.6 Å². The fourth-order valence-corrected chi connectivity index (χ4v) is 2.38. The van der Waals surface area contributed by atoms with E-state index in [2.05, 4.69) is 33.1 Å². The van der Waals surface area contributed by atoms with E-state index < -0.39 is 4.92 Å². The summed E-state index contributed by atoms with van der Waals surface area (Å²) >= 11 is 2.25. The number of rotatable bonds is 5. The number of halogens is 1. The number of anilines is 1. The summed E-state index contributed by atoms with van der Waals surface area (Å²) in [5, 5.41) is 14.7. The van der Waals surface area contributed by atoms with Crippen LogP contribution in [0.25, 0.3) is 11.3 Å². The maximum Gasteiger partial charge on any atom is 0.269 e. The van der Waals surface area contributed by atoms with Gasteiger partial charge in [0.1, 0.15) is 11.5 Å². The number of nitro benzene ring substituents is 1. The number of nitro groups is 1. The van der Waals surface area contributed by atoms with Crippen molar-refractivity contribution in [1.82, 2.24) is 0 Å². The largest absolute Gasteiger partial charge is 0.455 e. The van der Waals surface area contributed by atoms with Crippen LogP contribution in [0.1, 0.15) is 5.76 Å². The molecule has 0 saturated heterocycles. The molecule has 0 unspecified atom stereocenters. The molecule has 0 saturated carbocycles. The Morgan fingerprint density at radius 1 is 1.04 bits per heavy atom. The molecule has 1 aromatic heterocycles. The monoisotopic (exact) mass is 433 g/mol. The molecule has 1 heterocycles. The van der Waals surface area contributed by atoms with Crippen molar-refractivity contribution in [3.8, 4) is 11.3 Å². The molecular weight excluding hydrogens is 421 g/mol. The molecule has 3 aromatic rings. The van der Waals surface area contributed by atoms with Crippen molar-refractivity contribution in [2.75, 3.05) is 5.43 Å². The highest BCUT2D eigenvalue weighted by molar-refractivity contribution is 14.1. The van der Waals surface area contributed by atoms with Crippen molar-refractivity contribution in [2.45, 2.75) is 0 Å². The van der Waals surface area contributed by atoms with Gasteiger partial charge < -0.3 is 4.42 Å². The van der Waals surface area contributed by atoms with Gasteiger partial charge in [-0.15, -0.1) is 0 Å². The van der Waals surface area contributed by atoms with Crippen molar-refractivity contribution in [1.29, 1.82) is 0 Å². The quantitative estimate of drug-likeness (QED) is 0.269. The zero-order valence-corrected chi connectivity index (χ0v) is 14.5. The Labute approximate surface area is 151 Å². The fourth-order valence-electron chi connectivity index (χ4n) is 2.02. The Balaban J connectivity index is 1.65. The van der Waals surface area contributed by atoms with Crippen LogP contribution < -0.4 is 5.43 Å². The van der Waals surface area contributed by atoms with Crippen LogP contribution in [0.5, 0.6) is 0 Å². The first-order chi connectivity index (χ1) is 11.6. The SMILES string of the molecule is O=[N+]([O-])c1ccc(NN=Cc2ccc(-c3ccc(I)cc3)o2)cc1. The number of non-ortho nitro benzene ring substituents is 1. The lowest BCUT2D eigenvalue weighted by molar-refractivity contribution is -0.384. The van der Waals surface area contributed by atoms with Crippen LogP contribution in [0.15, 0.2) is 70.2 Å². The van der Waals surface area contributed by atoms with Crippen molar-refractivity contribution in [2.24, 2.45) is 5.10 Å². The molecule has 0 atom stereocenters. The van der Waals surface area contributed by atoms with Crippen molar-refractivity contribution < 1.29 is 9.34 Å². The third kappa shape index (κ3) is 3.99. The summed E-state index contributed by atoms with van der Waals surface area (Å²) in [4.78, 5) is 10.1. The first-order valence-electron chi connectivity index (χ1n) is 7.01. The predicted octanol–water partition coefficient (Wildman–Crippen LogP) is 4.91. The minimum absolute atomic E-state index is 0.0396. The molecule has 0 fully saturated rings. The number of nitrogens with one attached hydrogen (secondary N) is 1. The average Bonchev–Trinajstić information content (AvgIpc) is 3.05. The fraction of sp³-hybridized carbons (Fsp3) is 0. The summed E-state index contributed by atoms with van der Waals surface area (Å²) in [5.41, 5.74) is 4.49. The molecule has 0 aliphatic carbocycles. The molecule has 7 heteroatoms. The smallest absolute Gasteiger partial charge is 0.269 e. The molecule has 120 valence electrons. The molecule has 0 aliphatic rings. The predicted molar refractivity (Wildman–Crippen MR) is 101 cm³/mol. The van der Waals surface area contributed by atoms with Crippen LogP contribution in [-0.4, -0.2) is 11.1 Å². The second-order valence-corrected chi connectivity index (χ2v) is 6.13. The lowest BCUT2D eigenvalue weighted by atomic mass is 10.2. The highest BCUT2D eigenvalue weighted by Crippen LogP contribution is 2.22. The summed E-state index contributed by atoms with van der Waals surface area (Å²) in [7, 11) is 0. The normalized spacial score (nSPS) is 10.9. The zero-order valence-electron chi connectivity index (χ0n) is 12.3. The second-order valence-electron chi connectivity index (χ2n) is 4.88.